The van der Waals surface area contributed by atoms with Crippen molar-refractivity contribution in [2.45, 2.75) is 64.8 Å². The van der Waals surface area contributed by atoms with E-state index < -0.39 is 8.72 Å². The second-order valence-corrected chi connectivity index (χ2v) is 9.66. The number of piperidine rings is 1. The maximum atomic E-state index is 6.18. The van der Waals surface area contributed by atoms with Crippen LogP contribution in [0.25, 0.3) is 0 Å². The van der Waals surface area contributed by atoms with Gasteiger partial charge in [0.05, 0.1) is 0 Å². The van der Waals surface area contributed by atoms with Crippen molar-refractivity contribution in [1.82, 2.24) is 4.57 Å². The molecule has 114 valence electrons. The van der Waals surface area contributed by atoms with E-state index in [4.69, 9.17) is 8.85 Å². The van der Waals surface area contributed by atoms with Crippen LogP contribution in [-0.2, 0) is 8.85 Å². The van der Waals surface area contributed by atoms with E-state index in [-0.39, 0.29) is 5.04 Å². The van der Waals surface area contributed by atoms with E-state index in [1.54, 1.807) is 0 Å². The summed E-state index contributed by atoms with van der Waals surface area (Å²) in [5.41, 5.74) is 0. The van der Waals surface area contributed by atoms with E-state index in [1.807, 2.05) is 14.2 Å². The minimum Gasteiger partial charge on any atom is -0.386 e. The molecular weight excluding hydrogens is 254 g/mol. The first-order valence-corrected chi connectivity index (χ1v) is 9.66. The fraction of sp³-hybridized carbons (Fsp3) is 1.00. The van der Waals surface area contributed by atoms with Crippen molar-refractivity contribution in [3.63, 3.8) is 0 Å². The summed E-state index contributed by atoms with van der Waals surface area (Å²) >= 11 is 0. The highest BCUT2D eigenvalue weighted by atomic mass is 28.4. The van der Waals surface area contributed by atoms with Gasteiger partial charge in [0.25, 0.3) is 0 Å². The van der Waals surface area contributed by atoms with Crippen LogP contribution in [0.4, 0.5) is 0 Å². The molecule has 0 amide bonds. The summed E-state index contributed by atoms with van der Waals surface area (Å²) < 4.78 is 14.9. The van der Waals surface area contributed by atoms with E-state index in [2.05, 4.69) is 32.3 Å². The maximum absolute atomic E-state index is 6.18. The molecular formula is C15H33NO2Si. The van der Waals surface area contributed by atoms with Gasteiger partial charge < -0.3 is 8.85 Å². The molecule has 0 radical (unpaired) electrons. The van der Waals surface area contributed by atoms with E-state index in [9.17, 15) is 0 Å². The van der Waals surface area contributed by atoms with Crippen molar-refractivity contribution in [1.29, 1.82) is 0 Å². The summed E-state index contributed by atoms with van der Waals surface area (Å²) in [5.74, 6) is 0.580. The molecule has 1 aliphatic rings. The molecule has 0 spiro atoms. The zero-order chi connectivity index (χ0) is 14.5. The normalized spacial score (nSPS) is 19.1. The smallest absolute Gasteiger partial charge is 0.386 e. The Labute approximate surface area is 121 Å². The van der Waals surface area contributed by atoms with Crippen molar-refractivity contribution in [2.24, 2.45) is 5.92 Å². The van der Waals surface area contributed by atoms with E-state index in [0.29, 0.717) is 5.92 Å². The predicted octanol–water partition coefficient (Wildman–Crippen LogP) is 3.92. The molecule has 0 aromatic rings. The Morgan fingerprint density at radius 1 is 1.00 bits per heavy atom. The van der Waals surface area contributed by atoms with Gasteiger partial charge in [0.1, 0.15) is 0 Å². The molecule has 1 rings (SSSR count). The molecule has 0 aromatic heterocycles. The topological polar surface area (TPSA) is 21.7 Å². The van der Waals surface area contributed by atoms with Crippen LogP contribution < -0.4 is 0 Å². The molecule has 0 atom stereocenters. The minimum atomic E-state index is -2.35. The maximum Gasteiger partial charge on any atom is 0.433 e. The summed E-state index contributed by atoms with van der Waals surface area (Å²) in [6.07, 6.45) is 6.17. The Bertz CT molecular complexity index is 257. The minimum absolute atomic E-state index is 0.174. The van der Waals surface area contributed by atoms with Gasteiger partial charge in [-0.3, -0.25) is 4.57 Å². The highest BCUT2D eigenvalue weighted by molar-refractivity contribution is 6.68. The zero-order valence-corrected chi connectivity index (χ0v) is 14.8. The molecule has 0 unspecified atom stereocenters. The predicted molar refractivity (Wildman–Crippen MR) is 83.3 cm³/mol. The summed E-state index contributed by atoms with van der Waals surface area (Å²) in [7, 11) is 1.38. The van der Waals surface area contributed by atoms with E-state index >= 15 is 0 Å². The third-order valence-corrected chi connectivity index (χ3v) is 10.3. The molecule has 19 heavy (non-hydrogen) atoms. The summed E-state index contributed by atoms with van der Waals surface area (Å²) in [4.78, 5) is 0. The Hall–Kier alpha value is 0.0969. The van der Waals surface area contributed by atoms with Crippen molar-refractivity contribution in [3.8, 4) is 0 Å². The Kier molecular flexibility index (Phi) is 6.50. The third-order valence-electron chi connectivity index (χ3n) is 5.32. The molecule has 1 aliphatic heterocycles. The van der Waals surface area contributed by atoms with Gasteiger partial charge in [-0.25, -0.2) is 0 Å². The second-order valence-electron chi connectivity index (χ2n) is 6.06. The fourth-order valence-electron chi connectivity index (χ4n) is 4.13. The van der Waals surface area contributed by atoms with Crippen LogP contribution in [0.2, 0.25) is 5.04 Å². The molecule has 4 heteroatoms. The van der Waals surface area contributed by atoms with Gasteiger partial charge in [0.2, 0.25) is 0 Å². The first-order chi connectivity index (χ1) is 9.04. The van der Waals surface area contributed by atoms with Crippen LogP contribution >= 0.6 is 0 Å². The Morgan fingerprint density at radius 2 is 1.47 bits per heavy atom. The van der Waals surface area contributed by atoms with Gasteiger partial charge in [0.15, 0.2) is 0 Å². The van der Waals surface area contributed by atoms with Gasteiger partial charge in [-0.15, -0.1) is 0 Å². The Morgan fingerprint density at radius 3 is 1.79 bits per heavy atom. The summed E-state index contributed by atoms with van der Waals surface area (Å²) in [6.45, 7) is 11.5. The van der Waals surface area contributed by atoms with Crippen LogP contribution in [0.1, 0.15) is 59.8 Å². The van der Waals surface area contributed by atoms with Gasteiger partial charge in [-0.05, 0) is 44.7 Å². The zero-order valence-electron chi connectivity index (χ0n) is 13.8. The van der Waals surface area contributed by atoms with Crippen molar-refractivity contribution in [3.05, 3.63) is 0 Å². The Balaban J connectivity index is 3.20. The summed E-state index contributed by atoms with van der Waals surface area (Å²) in [5, 5.41) is 0.174. The van der Waals surface area contributed by atoms with Crippen LogP contribution in [-0.4, -0.2) is 40.6 Å². The van der Waals surface area contributed by atoms with Crippen molar-refractivity contribution < 1.29 is 8.85 Å². The lowest BCUT2D eigenvalue weighted by molar-refractivity contribution is 0.0966. The monoisotopic (exact) mass is 287 g/mol. The standard InChI is InChI=1S/C15H33NO2Si/c1-7-15(8-2,14(3)4)19(17-5,18-6)16-12-10-9-11-13-16/h14H,7-13H2,1-6H3. The van der Waals surface area contributed by atoms with Crippen LogP contribution in [0.5, 0.6) is 0 Å². The average molecular weight is 288 g/mol. The molecule has 0 aliphatic carbocycles. The van der Waals surface area contributed by atoms with Gasteiger partial charge in [-0.1, -0.05) is 34.1 Å². The summed E-state index contributed by atoms with van der Waals surface area (Å²) in [6, 6.07) is 0. The van der Waals surface area contributed by atoms with Gasteiger partial charge in [0, 0.05) is 19.3 Å². The quantitative estimate of drug-likeness (QED) is 0.662. The molecule has 1 heterocycles. The molecule has 3 nitrogen and oxygen atoms in total. The molecule has 0 aromatic carbocycles. The number of hydrogen-bond acceptors (Lipinski definition) is 3. The SMILES string of the molecule is CCC(CC)(C(C)C)[Si](OC)(OC)N1CCCCC1. The third kappa shape index (κ3) is 2.78. The lowest BCUT2D eigenvalue weighted by atomic mass is 9.89. The number of hydrogen-bond donors (Lipinski definition) is 0. The lowest BCUT2D eigenvalue weighted by Crippen LogP contribution is -2.67. The first kappa shape index (κ1) is 17.1. The molecule has 1 fully saturated rings. The fourth-order valence-corrected chi connectivity index (χ4v) is 8.78. The molecule has 0 saturated carbocycles. The van der Waals surface area contributed by atoms with E-state index in [1.165, 1.54) is 19.3 Å². The average Bonchev–Trinajstić information content (AvgIpc) is 2.45. The molecule has 0 N–H and O–H groups in total. The largest absolute Gasteiger partial charge is 0.433 e. The van der Waals surface area contributed by atoms with Crippen LogP contribution in [0, 0.1) is 5.92 Å². The molecule has 0 bridgehead atoms. The highest BCUT2D eigenvalue weighted by Crippen LogP contribution is 2.53. The van der Waals surface area contributed by atoms with Crippen molar-refractivity contribution >= 4 is 8.72 Å². The second kappa shape index (κ2) is 7.20. The van der Waals surface area contributed by atoms with Crippen molar-refractivity contribution in [2.75, 3.05) is 27.3 Å². The van der Waals surface area contributed by atoms with E-state index in [0.717, 1.165) is 25.9 Å². The van der Waals surface area contributed by atoms with Crippen LogP contribution in [0.3, 0.4) is 0 Å². The van der Waals surface area contributed by atoms with Gasteiger partial charge in [-0.2, -0.15) is 0 Å². The van der Waals surface area contributed by atoms with Crippen LogP contribution in [0.15, 0.2) is 0 Å². The highest BCUT2D eigenvalue weighted by Gasteiger charge is 2.61. The first-order valence-electron chi connectivity index (χ1n) is 7.90. The number of rotatable bonds is 7. The lowest BCUT2D eigenvalue weighted by Gasteiger charge is -2.53. The molecule has 1 saturated heterocycles. The number of nitrogens with zero attached hydrogens (tertiary/aromatic N) is 1. The van der Waals surface area contributed by atoms with Gasteiger partial charge >= 0.3 is 8.72 Å².